The molecule has 0 saturated carbocycles. The molecule has 14 heteroatoms. The second kappa shape index (κ2) is 10.7. The van der Waals surface area contributed by atoms with Gasteiger partial charge in [0, 0.05) is 49.4 Å². The highest BCUT2D eigenvalue weighted by atomic mass is 19.3. The van der Waals surface area contributed by atoms with Crippen LogP contribution < -0.4 is 10.6 Å². The maximum absolute atomic E-state index is 14.2. The minimum Gasteiger partial charge on any atom is -0.349 e. The molecule has 3 N–H and O–H groups in total. The number of carbonyl (C=O) groups is 3. The Morgan fingerprint density at radius 3 is 2.50 bits per heavy atom. The van der Waals surface area contributed by atoms with Gasteiger partial charge in [0.2, 0.25) is 5.92 Å². The smallest absolute Gasteiger partial charge is 0.292 e. The molecule has 2 amide bonds. The van der Waals surface area contributed by atoms with Gasteiger partial charge >= 0.3 is 0 Å². The van der Waals surface area contributed by atoms with E-state index < -0.39 is 60.4 Å². The van der Waals surface area contributed by atoms with Crippen LogP contribution in [0.15, 0.2) is 18.3 Å². The van der Waals surface area contributed by atoms with Gasteiger partial charge in [0.1, 0.15) is 5.69 Å². The number of aryl methyl sites for hydroxylation is 1. The molecule has 0 atom stereocenters. The first-order valence-corrected chi connectivity index (χ1v) is 11.7. The lowest BCUT2D eigenvalue weighted by molar-refractivity contribution is -0.117. The van der Waals surface area contributed by atoms with E-state index in [1.54, 1.807) is 0 Å². The van der Waals surface area contributed by atoms with Gasteiger partial charge in [0.15, 0.2) is 17.5 Å². The van der Waals surface area contributed by atoms with Gasteiger partial charge in [0.05, 0.1) is 17.5 Å². The Balaban J connectivity index is 1.44. The van der Waals surface area contributed by atoms with Crippen molar-refractivity contribution in [3.8, 4) is 0 Å². The monoisotopic (exact) mass is 538 g/mol. The molecule has 0 unspecified atom stereocenters. The molecule has 1 aliphatic rings. The van der Waals surface area contributed by atoms with Crippen LogP contribution in [0.3, 0.4) is 0 Å². The Hall–Kier alpha value is -4.10. The van der Waals surface area contributed by atoms with Crippen molar-refractivity contribution in [1.29, 1.82) is 0 Å². The summed E-state index contributed by atoms with van der Waals surface area (Å²) >= 11 is 0. The summed E-state index contributed by atoms with van der Waals surface area (Å²) < 4.78 is 70.2. The maximum atomic E-state index is 14.2. The van der Waals surface area contributed by atoms with Gasteiger partial charge in [-0.25, -0.2) is 22.0 Å². The van der Waals surface area contributed by atoms with Crippen LogP contribution in [0, 0.1) is 24.4 Å². The molecule has 202 valence electrons. The van der Waals surface area contributed by atoms with E-state index in [1.165, 1.54) is 17.7 Å². The van der Waals surface area contributed by atoms with Crippen LogP contribution in [0.25, 0.3) is 0 Å². The number of ketones is 1. The van der Waals surface area contributed by atoms with Gasteiger partial charge < -0.3 is 15.2 Å². The quantitative estimate of drug-likeness (QED) is 0.158. The molecule has 0 aliphatic carbocycles. The van der Waals surface area contributed by atoms with E-state index in [1.807, 2.05) is 0 Å². The molecule has 4 rings (SSSR count). The summed E-state index contributed by atoms with van der Waals surface area (Å²) in [6.45, 7) is 1.32. The van der Waals surface area contributed by atoms with E-state index in [4.69, 9.17) is 0 Å². The lowest BCUT2D eigenvalue weighted by Crippen LogP contribution is -2.35. The number of nitrogens with one attached hydrogen (secondary N) is 3. The molecule has 2 aromatic heterocycles. The van der Waals surface area contributed by atoms with E-state index in [-0.39, 0.29) is 28.9 Å². The third kappa shape index (κ3) is 5.58. The number of carbonyl (C=O) groups excluding carboxylic acids is 3. The number of benzene rings is 1. The molecule has 9 nitrogen and oxygen atoms in total. The summed E-state index contributed by atoms with van der Waals surface area (Å²) in [4.78, 5) is 38.5. The number of nitrogens with zero attached hydrogens (tertiary/aromatic N) is 3. The lowest BCUT2D eigenvalue weighted by atomic mass is 10.0. The van der Waals surface area contributed by atoms with E-state index in [0.29, 0.717) is 42.9 Å². The van der Waals surface area contributed by atoms with E-state index >= 15 is 0 Å². The average Bonchev–Trinajstić information content (AvgIpc) is 3.58. The number of aromatic amines is 1. The molecule has 1 aromatic carbocycles. The number of Topliss-reactive ketones (excluding diaryl/α,β-unsaturated/α-hetero) is 1. The predicted molar refractivity (Wildman–Crippen MR) is 123 cm³/mol. The number of aromatic nitrogens is 4. The summed E-state index contributed by atoms with van der Waals surface area (Å²) in [5.74, 6) is -10.7. The van der Waals surface area contributed by atoms with Gasteiger partial charge in [-0.15, -0.1) is 0 Å². The SMILES string of the molecule is Cc1c(C(=O)C(=O)NCCC(F)(F)CCc2cn[nH]n2)c2n(c1C(=O)Nc1cc(F)c(F)c(F)c1)CCC2. The largest absolute Gasteiger partial charge is 0.349 e. The minimum absolute atomic E-state index is 0.00168. The first-order valence-electron chi connectivity index (χ1n) is 11.7. The summed E-state index contributed by atoms with van der Waals surface area (Å²) in [7, 11) is 0. The molecule has 0 radical (unpaired) electrons. The summed E-state index contributed by atoms with van der Waals surface area (Å²) in [5, 5.41) is 14.1. The zero-order valence-electron chi connectivity index (χ0n) is 20.1. The number of H-pyrrole nitrogens is 1. The highest BCUT2D eigenvalue weighted by Crippen LogP contribution is 2.30. The van der Waals surface area contributed by atoms with Crippen LogP contribution in [0.5, 0.6) is 0 Å². The molecule has 0 bridgehead atoms. The molecule has 0 fully saturated rings. The first kappa shape index (κ1) is 26.9. The third-order valence-electron chi connectivity index (χ3n) is 6.29. The van der Waals surface area contributed by atoms with Crippen molar-refractivity contribution >= 4 is 23.3 Å². The van der Waals surface area contributed by atoms with Crippen LogP contribution >= 0.6 is 0 Å². The summed E-state index contributed by atoms with van der Waals surface area (Å²) in [6.07, 6.45) is 1.04. The topological polar surface area (TPSA) is 122 Å². The lowest BCUT2D eigenvalue weighted by Gasteiger charge is -2.15. The standard InChI is InChI=1S/C24H23F5N6O3/c1-12-18(21(36)23(38)30-7-6-24(28,29)5-4-13-11-31-34-33-13)17-3-2-8-35(17)20(12)22(37)32-14-9-15(25)19(27)16(26)10-14/h9-11H,2-8H2,1H3,(H,30,38)(H,32,37)(H,31,33,34). The van der Waals surface area contributed by atoms with Crippen LogP contribution in [-0.2, 0) is 24.2 Å². The second-order valence-corrected chi connectivity index (χ2v) is 8.91. The molecule has 3 aromatic rings. The normalized spacial score (nSPS) is 12.9. The molecule has 1 aliphatic heterocycles. The fraction of sp³-hybridized carbons (Fsp3) is 0.375. The fourth-order valence-electron chi connectivity index (χ4n) is 4.47. The number of anilines is 1. The molecular weight excluding hydrogens is 515 g/mol. The van der Waals surface area contributed by atoms with Crippen LogP contribution in [0.1, 0.15) is 57.1 Å². The molecule has 0 spiro atoms. The van der Waals surface area contributed by atoms with Crippen molar-refractivity contribution in [2.24, 2.45) is 0 Å². The minimum atomic E-state index is -3.12. The fourth-order valence-corrected chi connectivity index (χ4v) is 4.47. The number of hydrogen-bond acceptors (Lipinski definition) is 5. The Morgan fingerprint density at radius 2 is 1.84 bits per heavy atom. The van der Waals surface area contributed by atoms with Crippen molar-refractivity contribution in [2.45, 2.75) is 51.5 Å². The first-order chi connectivity index (χ1) is 18.0. The maximum Gasteiger partial charge on any atom is 0.292 e. The van der Waals surface area contributed by atoms with Crippen molar-refractivity contribution < 1.29 is 36.3 Å². The summed E-state index contributed by atoms with van der Waals surface area (Å²) in [6, 6.07) is 1.22. The van der Waals surface area contributed by atoms with Crippen molar-refractivity contribution in [1.82, 2.24) is 25.3 Å². The highest BCUT2D eigenvalue weighted by molar-refractivity contribution is 6.43. The van der Waals surface area contributed by atoms with Gasteiger partial charge in [0.25, 0.3) is 17.6 Å². The number of rotatable bonds is 10. The summed E-state index contributed by atoms with van der Waals surface area (Å²) in [5.41, 5.74) is 0.573. The Morgan fingerprint density at radius 1 is 1.13 bits per heavy atom. The zero-order valence-corrected chi connectivity index (χ0v) is 20.1. The van der Waals surface area contributed by atoms with Crippen molar-refractivity contribution in [3.63, 3.8) is 0 Å². The molecule has 3 heterocycles. The average molecular weight is 538 g/mol. The Bertz CT molecular complexity index is 1360. The number of hydrogen-bond donors (Lipinski definition) is 3. The molecule has 38 heavy (non-hydrogen) atoms. The second-order valence-electron chi connectivity index (χ2n) is 8.91. The Labute approximate surface area is 212 Å². The van der Waals surface area contributed by atoms with Gasteiger partial charge in [-0.2, -0.15) is 15.4 Å². The number of amides is 2. The van der Waals surface area contributed by atoms with Gasteiger partial charge in [-0.05, 0) is 31.7 Å². The van der Waals surface area contributed by atoms with E-state index in [9.17, 15) is 36.3 Å². The van der Waals surface area contributed by atoms with Crippen LogP contribution in [0.4, 0.5) is 27.6 Å². The molecular formula is C24H23F5N6O3. The van der Waals surface area contributed by atoms with E-state index in [2.05, 4.69) is 26.0 Å². The molecule has 0 saturated heterocycles. The number of alkyl halides is 2. The number of fused-ring (bicyclic) bond motifs is 1. The Kier molecular flexibility index (Phi) is 7.60. The van der Waals surface area contributed by atoms with Gasteiger partial charge in [-0.1, -0.05) is 0 Å². The van der Waals surface area contributed by atoms with E-state index in [0.717, 1.165) is 0 Å². The third-order valence-corrected chi connectivity index (χ3v) is 6.29. The zero-order chi connectivity index (χ0) is 27.6. The predicted octanol–water partition coefficient (Wildman–Crippen LogP) is 3.49. The van der Waals surface area contributed by atoms with Crippen LogP contribution in [-0.4, -0.2) is 50.0 Å². The highest BCUT2D eigenvalue weighted by Gasteiger charge is 2.34. The van der Waals surface area contributed by atoms with Crippen molar-refractivity contribution in [3.05, 3.63) is 64.0 Å². The number of halogens is 5. The van der Waals surface area contributed by atoms with Gasteiger partial charge in [-0.3, -0.25) is 14.4 Å². The van der Waals surface area contributed by atoms with Crippen LogP contribution in [0.2, 0.25) is 0 Å². The van der Waals surface area contributed by atoms with Crippen molar-refractivity contribution in [2.75, 3.05) is 11.9 Å².